The molecule has 0 aromatic heterocycles. The molecule has 0 rings (SSSR count). The summed E-state index contributed by atoms with van der Waals surface area (Å²) >= 11 is 0. The Hall–Kier alpha value is -1.62. The number of unbranched alkanes of at least 4 members (excludes halogenated alkanes) is 35. The van der Waals surface area contributed by atoms with Crippen LogP contribution in [-0.4, -0.2) is 37.9 Å². The minimum absolute atomic E-state index is 0.0861. The van der Waals surface area contributed by atoms with E-state index in [-0.39, 0.29) is 18.5 Å². The molecule has 5 nitrogen and oxygen atoms in total. The zero-order chi connectivity index (χ0) is 43.5. The predicted molar refractivity (Wildman–Crippen MR) is 261 cm³/mol. The van der Waals surface area contributed by atoms with E-state index in [0.717, 1.165) is 44.9 Å². The molecule has 60 heavy (non-hydrogen) atoms. The van der Waals surface area contributed by atoms with Crippen molar-refractivity contribution in [3.8, 4) is 0 Å². The fraction of sp³-hybridized carbons (Fsp3) is 0.891. The monoisotopic (exact) mass is 845 g/mol. The summed E-state index contributed by atoms with van der Waals surface area (Å²) in [6.07, 6.45) is 60.4. The highest BCUT2D eigenvalue weighted by Crippen LogP contribution is 2.15. The van der Waals surface area contributed by atoms with E-state index in [9.17, 15) is 9.59 Å². The number of hydrogen-bond acceptors (Lipinski definition) is 5. The molecule has 0 saturated heterocycles. The van der Waals surface area contributed by atoms with Crippen molar-refractivity contribution in [3.63, 3.8) is 0 Å². The fourth-order valence-electron chi connectivity index (χ4n) is 7.91. The lowest BCUT2D eigenvalue weighted by molar-refractivity contribution is -0.163. The quantitative estimate of drug-likeness (QED) is 0.0347. The van der Waals surface area contributed by atoms with Gasteiger partial charge in [0.15, 0.2) is 6.10 Å². The third kappa shape index (κ3) is 49.0. The lowest BCUT2D eigenvalue weighted by atomic mass is 10.1. The van der Waals surface area contributed by atoms with E-state index < -0.39 is 6.10 Å². The van der Waals surface area contributed by atoms with Gasteiger partial charge in [-0.2, -0.15) is 0 Å². The number of esters is 2. The highest BCUT2D eigenvalue weighted by atomic mass is 16.6. The van der Waals surface area contributed by atoms with Crippen LogP contribution in [0.4, 0.5) is 0 Å². The molecule has 0 aliphatic rings. The van der Waals surface area contributed by atoms with Crippen LogP contribution < -0.4 is 0 Å². The second-order valence-electron chi connectivity index (χ2n) is 18.1. The first kappa shape index (κ1) is 58.4. The van der Waals surface area contributed by atoms with Gasteiger partial charge in [-0.25, -0.2) is 0 Å². The summed E-state index contributed by atoms with van der Waals surface area (Å²) in [7, 11) is 0. The van der Waals surface area contributed by atoms with Gasteiger partial charge in [0.05, 0.1) is 6.61 Å². The fourth-order valence-corrected chi connectivity index (χ4v) is 7.91. The number of rotatable bonds is 50. The van der Waals surface area contributed by atoms with Gasteiger partial charge in [-0.05, 0) is 70.6 Å². The maximum Gasteiger partial charge on any atom is 0.306 e. The second-order valence-corrected chi connectivity index (χ2v) is 18.1. The van der Waals surface area contributed by atoms with Gasteiger partial charge in [0.25, 0.3) is 0 Å². The first-order valence-electron chi connectivity index (χ1n) is 26.9. The third-order valence-electron chi connectivity index (χ3n) is 12.0. The van der Waals surface area contributed by atoms with E-state index in [4.69, 9.17) is 14.2 Å². The summed E-state index contributed by atoms with van der Waals surface area (Å²) in [5, 5.41) is 0. The minimum Gasteiger partial charge on any atom is -0.462 e. The van der Waals surface area contributed by atoms with Crippen molar-refractivity contribution in [2.75, 3.05) is 19.8 Å². The summed E-state index contributed by atoms with van der Waals surface area (Å²) in [6.45, 7) is 7.86. The van der Waals surface area contributed by atoms with Crippen molar-refractivity contribution in [1.82, 2.24) is 0 Å². The summed E-state index contributed by atoms with van der Waals surface area (Å²) < 4.78 is 17.4. The van der Waals surface area contributed by atoms with Crippen molar-refractivity contribution < 1.29 is 23.8 Å². The summed E-state index contributed by atoms with van der Waals surface area (Å²) in [5.41, 5.74) is 0. The van der Waals surface area contributed by atoms with Crippen LogP contribution in [0.2, 0.25) is 0 Å². The molecule has 0 saturated carbocycles. The SMILES string of the molecule is CCCCCCCC/C=C\CCCCCCCCCC(=O)OCC(COCCCCCCCCCCCCCC)OC(=O)CCCCCCC/C=C\CCCCCCCC. The average Bonchev–Trinajstić information content (AvgIpc) is 3.25. The highest BCUT2D eigenvalue weighted by Gasteiger charge is 2.17. The van der Waals surface area contributed by atoms with Crippen molar-refractivity contribution in [2.24, 2.45) is 0 Å². The molecule has 0 heterocycles. The van der Waals surface area contributed by atoms with Crippen LogP contribution in [0.5, 0.6) is 0 Å². The predicted octanol–water partition coefficient (Wildman–Crippen LogP) is 18.0. The Labute approximate surface area is 375 Å². The Bertz CT molecular complexity index is 913. The molecular formula is C55H104O5. The smallest absolute Gasteiger partial charge is 0.306 e. The van der Waals surface area contributed by atoms with E-state index in [1.165, 1.54) is 212 Å². The number of hydrogen-bond donors (Lipinski definition) is 0. The molecule has 1 unspecified atom stereocenters. The molecule has 0 N–H and O–H groups in total. The van der Waals surface area contributed by atoms with Crippen molar-refractivity contribution >= 4 is 11.9 Å². The number of allylic oxidation sites excluding steroid dienone is 4. The molecule has 0 fully saturated rings. The molecule has 0 spiro atoms. The van der Waals surface area contributed by atoms with Crippen LogP contribution in [-0.2, 0) is 23.8 Å². The maximum atomic E-state index is 12.8. The van der Waals surface area contributed by atoms with Crippen LogP contribution in [0.15, 0.2) is 24.3 Å². The van der Waals surface area contributed by atoms with Gasteiger partial charge in [-0.1, -0.05) is 231 Å². The topological polar surface area (TPSA) is 61.8 Å². The Morgan fingerprint density at radius 1 is 0.350 bits per heavy atom. The molecule has 1 atom stereocenters. The van der Waals surface area contributed by atoms with Gasteiger partial charge in [-0.15, -0.1) is 0 Å². The van der Waals surface area contributed by atoms with Gasteiger partial charge in [0, 0.05) is 19.4 Å². The van der Waals surface area contributed by atoms with E-state index in [1.807, 2.05) is 0 Å². The largest absolute Gasteiger partial charge is 0.462 e. The molecular weight excluding hydrogens is 741 g/mol. The molecule has 354 valence electrons. The average molecular weight is 845 g/mol. The van der Waals surface area contributed by atoms with Crippen LogP contribution >= 0.6 is 0 Å². The standard InChI is InChI=1S/C55H104O5/c1-4-7-10-13-16-19-22-25-27-28-30-31-33-36-39-42-45-48-54(56)59-52-53(51-58-50-47-44-41-38-35-24-21-18-15-12-9-6-3)60-55(57)49-46-43-40-37-34-32-29-26-23-20-17-14-11-8-5-2/h25-27,29,53H,4-24,28,30-52H2,1-3H3/b27-25-,29-26-. The van der Waals surface area contributed by atoms with Gasteiger partial charge >= 0.3 is 11.9 Å². The van der Waals surface area contributed by atoms with E-state index in [0.29, 0.717) is 26.1 Å². The van der Waals surface area contributed by atoms with Gasteiger partial charge in [-0.3, -0.25) is 9.59 Å². The third-order valence-corrected chi connectivity index (χ3v) is 12.0. The van der Waals surface area contributed by atoms with E-state index in [2.05, 4.69) is 45.1 Å². The van der Waals surface area contributed by atoms with Crippen molar-refractivity contribution in [3.05, 3.63) is 24.3 Å². The van der Waals surface area contributed by atoms with Gasteiger partial charge in [0.2, 0.25) is 0 Å². The van der Waals surface area contributed by atoms with Crippen LogP contribution in [0.25, 0.3) is 0 Å². The Balaban J connectivity index is 4.22. The van der Waals surface area contributed by atoms with Crippen LogP contribution in [0, 0.1) is 0 Å². The summed E-state index contributed by atoms with van der Waals surface area (Å²) in [4.78, 5) is 25.4. The molecule has 0 aromatic carbocycles. The maximum absolute atomic E-state index is 12.8. The normalized spacial score (nSPS) is 12.2. The zero-order valence-electron chi connectivity index (χ0n) is 40.7. The molecule has 0 aliphatic carbocycles. The van der Waals surface area contributed by atoms with Gasteiger partial charge < -0.3 is 14.2 Å². The highest BCUT2D eigenvalue weighted by molar-refractivity contribution is 5.70. The number of ether oxygens (including phenoxy) is 3. The van der Waals surface area contributed by atoms with Crippen LogP contribution in [0.3, 0.4) is 0 Å². The zero-order valence-corrected chi connectivity index (χ0v) is 40.7. The number of carbonyl (C=O) groups is 2. The lowest BCUT2D eigenvalue weighted by Gasteiger charge is -2.18. The molecule has 0 amide bonds. The van der Waals surface area contributed by atoms with E-state index in [1.54, 1.807) is 0 Å². The first-order chi connectivity index (χ1) is 29.6. The Morgan fingerprint density at radius 3 is 1.02 bits per heavy atom. The molecule has 5 heteroatoms. The first-order valence-corrected chi connectivity index (χ1v) is 26.9. The molecule has 0 radical (unpaired) electrons. The minimum atomic E-state index is -0.535. The Kier molecular flexibility index (Phi) is 50.3. The van der Waals surface area contributed by atoms with Crippen LogP contribution in [0.1, 0.15) is 290 Å². The van der Waals surface area contributed by atoms with Crippen molar-refractivity contribution in [1.29, 1.82) is 0 Å². The lowest BCUT2D eigenvalue weighted by Crippen LogP contribution is -2.30. The second kappa shape index (κ2) is 51.7. The summed E-state index contributed by atoms with van der Waals surface area (Å²) in [5.74, 6) is -0.395. The molecule has 0 aromatic rings. The Morgan fingerprint density at radius 2 is 0.650 bits per heavy atom. The molecule has 0 aliphatic heterocycles. The number of carbonyl (C=O) groups excluding carboxylic acids is 2. The van der Waals surface area contributed by atoms with E-state index >= 15 is 0 Å². The molecule has 0 bridgehead atoms. The van der Waals surface area contributed by atoms with Crippen molar-refractivity contribution in [2.45, 2.75) is 297 Å². The summed E-state index contributed by atoms with van der Waals surface area (Å²) in [6, 6.07) is 0. The van der Waals surface area contributed by atoms with Gasteiger partial charge in [0.1, 0.15) is 6.61 Å².